The summed E-state index contributed by atoms with van der Waals surface area (Å²) in [5.74, 6) is -2.30. The molecule has 2 aromatic rings. The number of carboxylic acids is 1. The highest BCUT2D eigenvalue weighted by molar-refractivity contribution is 7.90. The molecule has 0 fully saturated rings. The average Bonchev–Trinajstić information content (AvgIpc) is 2.57. The highest BCUT2D eigenvalue weighted by Gasteiger charge is 2.19. The van der Waals surface area contributed by atoms with Crippen molar-refractivity contribution >= 4 is 45.8 Å². The lowest BCUT2D eigenvalue weighted by Gasteiger charge is -2.11. The minimum absolute atomic E-state index is 0.0890. The molecule has 150 valence electrons. The zero-order valence-corrected chi connectivity index (χ0v) is 16.9. The second-order valence-corrected chi connectivity index (χ2v) is 8.94. The Morgan fingerprint density at radius 1 is 1.39 bits per heavy atom. The average molecular weight is 446 g/mol. The molecule has 0 saturated carbocycles. The first kappa shape index (κ1) is 21.8. The van der Waals surface area contributed by atoms with Crippen LogP contribution in [0.1, 0.15) is 12.0 Å². The van der Waals surface area contributed by atoms with Gasteiger partial charge in [0.2, 0.25) is 5.88 Å². The molecular formula is C16H16ClN3O6S2. The van der Waals surface area contributed by atoms with Crippen molar-refractivity contribution in [2.45, 2.75) is 12.5 Å². The Morgan fingerprint density at radius 3 is 2.54 bits per heavy atom. The van der Waals surface area contributed by atoms with Gasteiger partial charge in [-0.25, -0.2) is 13.2 Å². The maximum Gasteiger partial charge on any atom is 0.328 e. The number of halogens is 1. The summed E-state index contributed by atoms with van der Waals surface area (Å²) < 4.78 is 23.5. The summed E-state index contributed by atoms with van der Waals surface area (Å²) in [6, 6.07) is 4.83. The Kier molecular flexibility index (Phi) is 6.75. The summed E-state index contributed by atoms with van der Waals surface area (Å²) in [6.45, 7) is 0. The fourth-order valence-corrected chi connectivity index (χ4v) is 3.30. The largest absolute Gasteiger partial charge is 0.494 e. The fraction of sp³-hybridized carbons (Fsp3) is 0.250. The van der Waals surface area contributed by atoms with Crippen molar-refractivity contribution in [1.29, 1.82) is 0 Å². The molecule has 28 heavy (non-hydrogen) atoms. The van der Waals surface area contributed by atoms with E-state index in [0.29, 0.717) is 10.7 Å². The first-order valence-corrected chi connectivity index (χ1v) is 10.6. The van der Waals surface area contributed by atoms with Crippen LogP contribution in [0.15, 0.2) is 34.1 Å². The van der Waals surface area contributed by atoms with E-state index in [0.717, 1.165) is 17.0 Å². The zero-order chi connectivity index (χ0) is 21.1. The van der Waals surface area contributed by atoms with Crippen molar-refractivity contribution in [2.75, 3.05) is 12.0 Å². The van der Waals surface area contributed by atoms with E-state index in [1.165, 1.54) is 0 Å². The molecule has 1 aromatic carbocycles. The highest BCUT2D eigenvalue weighted by Crippen LogP contribution is 2.20. The lowest BCUT2D eigenvalue weighted by atomic mass is 10.2. The quantitative estimate of drug-likeness (QED) is 0.433. The monoisotopic (exact) mass is 445 g/mol. The number of H-pyrrole nitrogens is 1. The molecule has 0 unspecified atom stereocenters. The SMILES string of the molecule is CS(=O)(=O)CC[C@@H](N=Cc1c(O)n(-c2ccc(Cl)cc2)c(=S)[nH]c1=O)C(=O)O. The highest BCUT2D eigenvalue weighted by atomic mass is 35.5. The molecule has 9 nitrogen and oxygen atoms in total. The maximum absolute atomic E-state index is 12.1. The number of aromatic hydroxyl groups is 1. The normalized spacial score (nSPS) is 12.9. The van der Waals surface area contributed by atoms with Crippen LogP contribution in [0, 0.1) is 4.77 Å². The molecule has 0 aliphatic rings. The Balaban J connectivity index is 2.47. The fourth-order valence-electron chi connectivity index (χ4n) is 2.24. The molecular weight excluding hydrogens is 430 g/mol. The molecule has 1 atom stereocenters. The van der Waals surface area contributed by atoms with Crippen molar-refractivity contribution in [1.82, 2.24) is 9.55 Å². The standard InChI is InChI=1S/C16H16ClN3O6S2/c1-28(25,26)7-6-12(15(23)24)18-8-11-13(21)19-16(27)20(14(11)22)10-4-2-9(17)3-5-10/h2-5,8,12,22H,6-7H2,1H3,(H,23,24)(H,19,21,27)/t12-/m1/s1. The summed E-state index contributed by atoms with van der Waals surface area (Å²) in [5, 5.41) is 20.1. The number of rotatable bonds is 7. The molecule has 0 saturated heterocycles. The van der Waals surface area contributed by atoms with Gasteiger partial charge in [-0.2, -0.15) is 0 Å². The van der Waals surface area contributed by atoms with Gasteiger partial charge in [-0.3, -0.25) is 19.3 Å². The third-order valence-electron chi connectivity index (χ3n) is 3.64. The van der Waals surface area contributed by atoms with E-state index in [1.54, 1.807) is 24.3 Å². The van der Waals surface area contributed by atoms with Crippen LogP contribution in [0.3, 0.4) is 0 Å². The molecule has 1 heterocycles. The van der Waals surface area contributed by atoms with Gasteiger partial charge in [0.25, 0.3) is 5.56 Å². The van der Waals surface area contributed by atoms with E-state index >= 15 is 0 Å². The predicted molar refractivity (Wildman–Crippen MR) is 107 cm³/mol. The summed E-state index contributed by atoms with van der Waals surface area (Å²) >= 11 is 10.9. The van der Waals surface area contributed by atoms with Crippen LogP contribution in [-0.4, -0.2) is 58.4 Å². The lowest BCUT2D eigenvalue weighted by molar-refractivity contribution is -0.138. The number of aliphatic imine (C=N–C) groups is 1. The molecule has 0 radical (unpaired) electrons. The molecule has 0 aliphatic heterocycles. The van der Waals surface area contributed by atoms with Crippen LogP contribution in [0.2, 0.25) is 5.02 Å². The molecule has 0 spiro atoms. The Morgan fingerprint density at radius 2 is 2.00 bits per heavy atom. The Bertz CT molecular complexity index is 1140. The molecule has 1 aromatic heterocycles. The first-order valence-electron chi connectivity index (χ1n) is 7.77. The van der Waals surface area contributed by atoms with Crippen molar-refractivity contribution in [3.05, 3.63) is 50.0 Å². The number of benzene rings is 1. The smallest absolute Gasteiger partial charge is 0.328 e. The zero-order valence-electron chi connectivity index (χ0n) is 14.5. The number of aromatic nitrogens is 2. The van der Waals surface area contributed by atoms with Crippen LogP contribution in [0.25, 0.3) is 5.69 Å². The van der Waals surface area contributed by atoms with E-state index < -0.39 is 33.3 Å². The number of nitrogens with one attached hydrogen (secondary N) is 1. The lowest BCUT2D eigenvalue weighted by Crippen LogP contribution is -2.23. The summed E-state index contributed by atoms with van der Waals surface area (Å²) in [6.07, 6.45) is 1.58. The van der Waals surface area contributed by atoms with Crippen LogP contribution in [-0.2, 0) is 14.6 Å². The number of nitrogens with zero attached hydrogens (tertiary/aromatic N) is 2. The second-order valence-electron chi connectivity index (χ2n) is 5.86. The molecule has 0 amide bonds. The van der Waals surface area contributed by atoms with Crippen LogP contribution in [0.5, 0.6) is 5.88 Å². The van der Waals surface area contributed by atoms with Crippen molar-refractivity contribution in [3.8, 4) is 11.6 Å². The van der Waals surface area contributed by atoms with Gasteiger partial charge >= 0.3 is 5.97 Å². The minimum Gasteiger partial charge on any atom is -0.494 e. The van der Waals surface area contributed by atoms with Crippen molar-refractivity contribution < 1.29 is 23.4 Å². The number of carbonyl (C=O) groups is 1. The molecule has 0 bridgehead atoms. The van der Waals surface area contributed by atoms with Gasteiger partial charge in [-0.15, -0.1) is 0 Å². The number of aromatic amines is 1. The Labute approximate surface area is 169 Å². The third-order valence-corrected chi connectivity index (χ3v) is 5.15. The summed E-state index contributed by atoms with van der Waals surface area (Å²) in [5.41, 5.74) is -0.692. The van der Waals surface area contributed by atoms with Crippen molar-refractivity contribution in [2.24, 2.45) is 4.99 Å². The van der Waals surface area contributed by atoms with Gasteiger partial charge in [0.1, 0.15) is 21.4 Å². The first-order chi connectivity index (χ1) is 13.0. The van der Waals surface area contributed by atoms with Crippen LogP contribution >= 0.6 is 23.8 Å². The van der Waals surface area contributed by atoms with E-state index in [9.17, 15) is 28.2 Å². The topological polar surface area (TPSA) is 142 Å². The number of sulfone groups is 1. The second kappa shape index (κ2) is 8.67. The van der Waals surface area contributed by atoms with E-state index in [-0.39, 0.29) is 22.5 Å². The summed E-state index contributed by atoms with van der Waals surface area (Å²) in [7, 11) is -3.39. The van der Waals surface area contributed by atoms with E-state index in [4.69, 9.17) is 23.8 Å². The van der Waals surface area contributed by atoms with Crippen LogP contribution in [0.4, 0.5) is 0 Å². The Hall–Kier alpha value is -2.50. The molecule has 2 rings (SSSR count). The van der Waals surface area contributed by atoms with Gasteiger partial charge in [0.05, 0.1) is 11.4 Å². The van der Waals surface area contributed by atoms with Gasteiger partial charge < -0.3 is 10.2 Å². The third kappa shape index (κ3) is 5.50. The van der Waals surface area contributed by atoms with E-state index in [2.05, 4.69) is 9.98 Å². The minimum atomic E-state index is -3.39. The van der Waals surface area contributed by atoms with Gasteiger partial charge in [-0.1, -0.05) is 11.6 Å². The number of aliphatic carboxylic acids is 1. The molecule has 12 heteroatoms. The number of carboxylic acid groups (broad SMARTS) is 1. The number of hydrogen-bond donors (Lipinski definition) is 3. The molecule has 3 N–H and O–H groups in total. The van der Waals surface area contributed by atoms with Crippen molar-refractivity contribution in [3.63, 3.8) is 0 Å². The van der Waals surface area contributed by atoms with Gasteiger partial charge in [0, 0.05) is 17.5 Å². The van der Waals surface area contributed by atoms with Crippen LogP contribution < -0.4 is 5.56 Å². The molecule has 0 aliphatic carbocycles. The maximum atomic E-state index is 12.1. The van der Waals surface area contributed by atoms with E-state index in [1.807, 2.05) is 0 Å². The van der Waals surface area contributed by atoms with Gasteiger partial charge in [-0.05, 0) is 42.9 Å². The number of hydrogen-bond acceptors (Lipinski definition) is 7. The van der Waals surface area contributed by atoms with Gasteiger partial charge in [0.15, 0.2) is 4.77 Å². The summed E-state index contributed by atoms with van der Waals surface area (Å²) in [4.78, 5) is 29.6. The predicted octanol–water partition coefficient (Wildman–Crippen LogP) is 1.56.